The van der Waals surface area contributed by atoms with E-state index in [1.165, 1.54) is 17.6 Å². The van der Waals surface area contributed by atoms with E-state index in [2.05, 4.69) is 4.98 Å². The molecule has 6 nitrogen and oxygen atoms in total. The van der Waals surface area contributed by atoms with Crippen molar-refractivity contribution in [1.29, 1.82) is 0 Å². The van der Waals surface area contributed by atoms with Crippen LogP contribution in [0.5, 0.6) is 0 Å². The highest BCUT2D eigenvalue weighted by Gasteiger charge is 2.66. The molecular weight excluding hydrogens is 420 g/mol. The number of pyridine rings is 1. The van der Waals surface area contributed by atoms with E-state index in [-0.39, 0.29) is 5.56 Å². The van der Waals surface area contributed by atoms with Crippen molar-refractivity contribution in [1.82, 2.24) is 15.6 Å². The Morgan fingerprint density at radius 1 is 1.10 bits per heavy atom. The van der Waals surface area contributed by atoms with Gasteiger partial charge in [0.2, 0.25) is 5.72 Å². The van der Waals surface area contributed by atoms with Crippen molar-refractivity contribution >= 4 is 11.8 Å². The first kappa shape index (κ1) is 21.6. The number of Topliss-reactive ketones (excluding diaryl/α,β-unsaturated/α-hetero) is 1. The Bertz CT molecular complexity index is 964. The van der Waals surface area contributed by atoms with Crippen molar-refractivity contribution in [2.24, 2.45) is 5.92 Å². The summed E-state index contributed by atoms with van der Waals surface area (Å²) in [7, 11) is 0. The molecule has 1 fully saturated rings. The van der Waals surface area contributed by atoms with Gasteiger partial charge in [0, 0.05) is 18.0 Å². The van der Waals surface area contributed by atoms with Crippen LogP contribution in [-0.2, 0) is 6.18 Å². The van der Waals surface area contributed by atoms with Gasteiger partial charge in [0.1, 0.15) is 5.92 Å². The Hall–Kier alpha value is -3.15. The van der Waals surface area contributed by atoms with Crippen molar-refractivity contribution in [3.63, 3.8) is 0 Å². The predicted molar refractivity (Wildman–Crippen MR) is 88.9 cm³/mol. The summed E-state index contributed by atoms with van der Waals surface area (Å²) in [6.07, 6.45) is -8.15. The van der Waals surface area contributed by atoms with Gasteiger partial charge in [-0.15, -0.1) is 0 Å². The van der Waals surface area contributed by atoms with Crippen molar-refractivity contribution in [3.8, 4) is 0 Å². The van der Waals surface area contributed by atoms with Gasteiger partial charge in [0.25, 0.3) is 0 Å². The fourth-order valence-electron chi connectivity index (χ4n) is 3.21. The molecule has 30 heavy (non-hydrogen) atoms. The van der Waals surface area contributed by atoms with E-state index in [1.807, 2.05) is 5.32 Å². The molecule has 1 aromatic heterocycles. The molecule has 1 saturated heterocycles. The third kappa shape index (κ3) is 3.82. The highest BCUT2D eigenvalue weighted by Crippen LogP contribution is 2.44. The van der Waals surface area contributed by atoms with Crippen LogP contribution in [0.3, 0.4) is 0 Å². The minimum atomic E-state index is -5.52. The Morgan fingerprint density at radius 2 is 1.80 bits per heavy atom. The number of aromatic nitrogens is 1. The summed E-state index contributed by atoms with van der Waals surface area (Å²) in [4.78, 5) is 28.4. The smallest absolute Gasteiger partial charge is 0.363 e. The zero-order chi connectivity index (χ0) is 22.3. The number of rotatable bonds is 3. The lowest BCUT2D eigenvalue weighted by Gasteiger charge is -2.45. The first-order valence-corrected chi connectivity index (χ1v) is 8.34. The van der Waals surface area contributed by atoms with Gasteiger partial charge in [-0.25, -0.2) is 4.79 Å². The predicted octanol–water partition coefficient (Wildman–Crippen LogP) is 3.20. The van der Waals surface area contributed by atoms with Crippen LogP contribution >= 0.6 is 0 Å². The van der Waals surface area contributed by atoms with Crippen molar-refractivity contribution in [2.45, 2.75) is 24.1 Å². The van der Waals surface area contributed by atoms with E-state index >= 15 is 0 Å². The summed E-state index contributed by atoms with van der Waals surface area (Å²) < 4.78 is 80.4. The summed E-state index contributed by atoms with van der Waals surface area (Å²) in [6, 6.07) is 2.10. The second kappa shape index (κ2) is 7.27. The van der Waals surface area contributed by atoms with Crippen LogP contribution in [0.2, 0.25) is 0 Å². The molecule has 0 saturated carbocycles. The van der Waals surface area contributed by atoms with Crippen LogP contribution in [0.15, 0.2) is 48.8 Å². The van der Waals surface area contributed by atoms with Crippen LogP contribution in [0, 0.1) is 5.92 Å². The fraction of sp³-hybridized carbons (Fsp3) is 0.278. The number of alkyl halides is 6. The van der Waals surface area contributed by atoms with Gasteiger partial charge in [-0.1, -0.05) is 12.1 Å². The Kier molecular flexibility index (Phi) is 5.23. The lowest BCUT2D eigenvalue weighted by Crippen LogP contribution is -2.72. The number of nitrogens with zero attached hydrogens (tertiary/aromatic N) is 1. The van der Waals surface area contributed by atoms with Crippen LogP contribution in [0.4, 0.5) is 31.1 Å². The minimum Gasteiger partial charge on any atom is -0.363 e. The first-order chi connectivity index (χ1) is 13.8. The number of benzene rings is 1. The monoisotopic (exact) mass is 433 g/mol. The van der Waals surface area contributed by atoms with Gasteiger partial charge < -0.3 is 15.7 Å². The van der Waals surface area contributed by atoms with Crippen molar-refractivity contribution < 1.29 is 41.0 Å². The molecule has 2 amide bonds. The summed E-state index contributed by atoms with van der Waals surface area (Å²) >= 11 is 0. The highest BCUT2D eigenvalue weighted by molar-refractivity contribution is 6.00. The second-order valence-electron chi connectivity index (χ2n) is 6.55. The van der Waals surface area contributed by atoms with Gasteiger partial charge in [-0.2, -0.15) is 26.3 Å². The van der Waals surface area contributed by atoms with E-state index < -0.39 is 53.0 Å². The molecule has 0 bridgehead atoms. The molecule has 0 aliphatic carbocycles. The van der Waals surface area contributed by atoms with E-state index in [0.717, 1.165) is 24.4 Å². The van der Waals surface area contributed by atoms with Crippen molar-refractivity contribution in [3.05, 3.63) is 65.5 Å². The standard InChI is InChI=1S/C18H13F6N3O3/c19-17(20,21)11-5-1-3-9(7-11)13-12(14(28)10-4-2-6-25-8-10)16(30,18(22,23)24)27-15(29)26-13/h1-8,12-13,30H,(H2,26,27,29). The molecule has 0 radical (unpaired) electrons. The molecule has 12 heteroatoms. The Morgan fingerprint density at radius 3 is 2.37 bits per heavy atom. The summed E-state index contributed by atoms with van der Waals surface area (Å²) in [5.74, 6) is -3.72. The molecule has 160 valence electrons. The van der Waals surface area contributed by atoms with E-state index in [9.17, 15) is 41.0 Å². The molecule has 3 atom stereocenters. The third-order valence-electron chi connectivity index (χ3n) is 4.61. The number of amides is 2. The lowest BCUT2D eigenvalue weighted by atomic mass is 9.77. The maximum atomic E-state index is 13.7. The molecular formula is C18H13F6N3O3. The minimum absolute atomic E-state index is 0.333. The molecule has 0 spiro atoms. The number of ketones is 1. The zero-order valence-electron chi connectivity index (χ0n) is 14.8. The number of halogens is 6. The molecule has 2 heterocycles. The third-order valence-corrected chi connectivity index (χ3v) is 4.61. The van der Waals surface area contributed by atoms with Crippen LogP contribution in [0.1, 0.15) is 27.5 Å². The lowest BCUT2D eigenvalue weighted by molar-refractivity contribution is -0.287. The largest absolute Gasteiger partial charge is 0.437 e. The number of carbonyl (C=O) groups is 2. The van der Waals surface area contributed by atoms with Gasteiger partial charge >= 0.3 is 18.4 Å². The van der Waals surface area contributed by atoms with E-state index in [4.69, 9.17) is 0 Å². The second-order valence-corrected chi connectivity index (χ2v) is 6.55. The summed E-state index contributed by atoms with van der Waals surface area (Å²) in [6.45, 7) is 0. The normalized spacial score (nSPS) is 24.7. The average Bonchev–Trinajstić information content (AvgIpc) is 2.66. The SMILES string of the molecule is O=C1NC(c2cccc(C(F)(F)F)c2)C(C(=O)c2cccnc2)C(O)(C(F)(F)F)N1. The summed E-state index contributed by atoms with van der Waals surface area (Å²) in [5, 5.41) is 13.7. The number of hydrogen-bond donors (Lipinski definition) is 3. The number of nitrogens with one attached hydrogen (secondary N) is 2. The van der Waals surface area contributed by atoms with E-state index in [0.29, 0.717) is 12.1 Å². The van der Waals surface area contributed by atoms with Gasteiger partial charge in [-0.3, -0.25) is 9.78 Å². The van der Waals surface area contributed by atoms with E-state index in [1.54, 1.807) is 0 Å². The number of hydrogen-bond acceptors (Lipinski definition) is 4. The molecule has 1 aliphatic rings. The van der Waals surface area contributed by atoms with Crippen LogP contribution in [0.25, 0.3) is 0 Å². The number of carbonyl (C=O) groups excluding carboxylic acids is 2. The number of urea groups is 1. The van der Waals surface area contributed by atoms with Crippen LogP contribution in [-0.4, -0.2) is 33.8 Å². The molecule has 2 aromatic rings. The molecule has 1 aliphatic heterocycles. The van der Waals surface area contributed by atoms with Gasteiger partial charge in [0.05, 0.1) is 11.6 Å². The topological polar surface area (TPSA) is 91.3 Å². The van der Waals surface area contributed by atoms with Gasteiger partial charge in [-0.05, 0) is 29.8 Å². The summed E-state index contributed by atoms with van der Waals surface area (Å²) in [5.41, 5.74) is -6.01. The number of aliphatic hydroxyl groups is 1. The molecule has 3 rings (SSSR count). The highest BCUT2D eigenvalue weighted by atomic mass is 19.4. The first-order valence-electron chi connectivity index (χ1n) is 8.34. The maximum Gasteiger partial charge on any atom is 0.437 e. The quantitative estimate of drug-likeness (QED) is 0.512. The molecule has 3 unspecified atom stereocenters. The zero-order valence-corrected chi connectivity index (χ0v) is 14.8. The molecule has 1 aromatic carbocycles. The molecule has 3 N–H and O–H groups in total. The Labute approximate surface area is 164 Å². The van der Waals surface area contributed by atoms with Crippen LogP contribution < -0.4 is 10.6 Å². The average molecular weight is 433 g/mol. The van der Waals surface area contributed by atoms with Gasteiger partial charge in [0.15, 0.2) is 5.78 Å². The maximum absolute atomic E-state index is 13.7. The van der Waals surface area contributed by atoms with Crippen molar-refractivity contribution in [2.75, 3.05) is 0 Å². The Balaban J connectivity index is 2.18. The fourth-order valence-corrected chi connectivity index (χ4v) is 3.21.